The first-order chi connectivity index (χ1) is 12.3. The zero-order valence-electron chi connectivity index (χ0n) is 14.9. The van der Waals surface area contributed by atoms with Gasteiger partial charge in [-0.3, -0.25) is 4.79 Å². The average Bonchev–Trinajstić information content (AvgIpc) is 2.61. The lowest BCUT2D eigenvalue weighted by Crippen LogP contribution is -2.50. The van der Waals surface area contributed by atoms with Gasteiger partial charge in [0.25, 0.3) is 0 Å². The second-order valence-corrected chi connectivity index (χ2v) is 8.05. The number of benzene rings is 1. The summed E-state index contributed by atoms with van der Waals surface area (Å²) in [5.41, 5.74) is 0.602. The number of carboxylic acid groups (broad SMARTS) is 1. The number of carbonyl (C=O) groups is 2. The first kappa shape index (κ1) is 20.2. The second-order valence-electron chi connectivity index (χ2n) is 6.14. The maximum atomic E-state index is 12.8. The minimum absolute atomic E-state index is 0.123. The van der Waals surface area contributed by atoms with E-state index in [9.17, 15) is 23.1 Å². The molecule has 0 aliphatic carbocycles. The summed E-state index contributed by atoms with van der Waals surface area (Å²) in [7, 11) is -2.12. The highest BCUT2D eigenvalue weighted by Crippen LogP contribution is 2.25. The molecule has 0 unspecified atom stereocenters. The van der Waals surface area contributed by atoms with E-state index in [1.807, 2.05) is 0 Å². The van der Waals surface area contributed by atoms with E-state index in [1.165, 1.54) is 17.5 Å². The van der Waals surface area contributed by atoms with Crippen LogP contribution in [0.5, 0.6) is 5.75 Å². The molecule has 0 N–H and O–H groups in total. The Bertz CT molecular complexity index is 769. The fraction of sp³-hybridized carbons (Fsp3) is 0.529. The molecule has 144 valence electrons. The summed E-state index contributed by atoms with van der Waals surface area (Å²) in [6.45, 7) is 2.71. The molecule has 8 nitrogen and oxygen atoms in total. The van der Waals surface area contributed by atoms with Crippen LogP contribution < -0.4 is 9.84 Å². The lowest BCUT2D eigenvalue weighted by Gasteiger charge is -2.34. The summed E-state index contributed by atoms with van der Waals surface area (Å²) in [5.74, 6) is -0.749. The number of hydrogen-bond donors (Lipinski definition) is 0. The third kappa shape index (κ3) is 4.73. The number of sulfonamides is 1. The van der Waals surface area contributed by atoms with Crippen LogP contribution in [0.15, 0.2) is 23.1 Å². The molecule has 0 atom stereocenters. The number of rotatable bonds is 7. The maximum absolute atomic E-state index is 12.8. The number of ether oxygens (including phenoxy) is 1. The molecule has 26 heavy (non-hydrogen) atoms. The van der Waals surface area contributed by atoms with Crippen molar-refractivity contribution >= 4 is 21.9 Å². The average molecular weight is 383 g/mol. The number of aryl methyl sites for hydroxylation is 1. The number of piperazine rings is 1. The van der Waals surface area contributed by atoms with Gasteiger partial charge in [-0.2, -0.15) is 4.31 Å². The molecule has 2 rings (SSSR count). The molecule has 0 bridgehead atoms. The fourth-order valence-electron chi connectivity index (χ4n) is 2.90. The topological polar surface area (TPSA) is 107 Å². The monoisotopic (exact) mass is 383 g/mol. The first-order valence-electron chi connectivity index (χ1n) is 8.38. The highest BCUT2D eigenvalue weighted by atomic mass is 32.2. The SMILES string of the molecule is COc1ccc(S(=O)(=O)N2CCN(C(=O)CCCC(=O)[O-])CC2)c(C)c1. The van der Waals surface area contributed by atoms with Crippen molar-refractivity contribution < 1.29 is 27.9 Å². The summed E-state index contributed by atoms with van der Waals surface area (Å²) >= 11 is 0. The van der Waals surface area contributed by atoms with Crippen LogP contribution in [0, 0.1) is 6.92 Å². The van der Waals surface area contributed by atoms with Crippen LogP contribution in [-0.4, -0.2) is 62.8 Å². The van der Waals surface area contributed by atoms with Gasteiger partial charge in [-0.15, -0.1) is 0 Å². The molecule has 0 aromatic heterocycles. The lowest BCUT2D eigenvalue weighted by molar-refractivity contribution is -0.305. The standard InChI is InChI=1S/C17H24N2O6S/c1-13-12-14(25-2)6-7-15(13)26(23,24)19-10-8-18(9-11-19)16(20)4-3-5-17(21)22/h6-7,12H,3-5,8-11H2,1-2H3,(H,21,22)/p-1. The van der Waals surface area contributed by atoms with Crippen LogP contribution in [0.2, 0.25) is 0 Å². The van der Waals surface area contributed by atoms with Crippen molar-refractivity contribution in [2.75, 3.05) is 33.3 Å². The molecule has 0 spiro atoms. The van der Waals surface area contributed by atoms with Gasteiger partial charge in [-0.25, -0.2) is 8.42 Å². The van der Waals surface area contributed by atoms with E-state index in [0.717, 1.165) is 0 Å². The molecule has 1 fully saturated rings. The Hall–Kier alpha value is -2.13. The minimum Gasteiger partial charge on any atom is -0.550 e. The van der Waals surface area contributed by atoms with E-state index in [1.54, 1.807) is 24.0 Å². The van der Waals surface area contributed by atoms with E-state index >= 15 is 0 Å². The Balaban J connectivity index is 1.98. The highest BCUT2D eigenvalue weighted by Gasteiger charge is 2.30. The van der Waals surface area contributed by atoms with E-state index in [-0.39, 0.29) is 43.2 Å². The maximum Gasteiger partial charge on any atom is 0.243 e. The van der Waals surface area contributed by atoms with Gasteiger partial charge in [0.15, 0.2) is 0 Å². The van der Waals surface area contributed by atoms with E-state index in [4.69, 9.17) is 4.74 Å². The van der Waals surface area contributed by atoms with Crippen LogP contribution in [0.1, 0.15) is 24.8 Å². The molecule has 1 saturated heterocycles. The Labute approximate surface area is 153 Å². The van der Waals surface area contributed by atoms with Crippen LogP contribution in [-0.2, 0) is 19.6 Å². The van der Waals surface area contributed by atoms with Crippen molar-refractivity contribution in [1.29, 1.82) is 0 Å². The predicted octanol–water partition coefficient (Wildman–Crippen LogP) is -0.243. The number of hydrogen-bond acceptors (Lipinski definition) is 6. The van der Waals surface area contributed by atoms with Crippen molar-refractivity contribution in [3.63, 3.8) is 0 Å². The molecular formula is C17H23N2O6S-. The number of carboxylic acids is 1. The summed E-state index contributed by atoms with van der Waals surface area (Å²) in [5, 5.41) is 10.4. The normalized spacial score (nSPS) is 15.7. The van der Waals surface area contributed by atoms with Gasteiger partial charge in [0.1, 0.15) is 5.75 Å². The molecule has 1 aliphatic heterocycles. The third-order valence-electron chi connectivity index (χ3n) is 4.36. The summed E-state index contributed by atoms with van der Waals surface area (Å²) in [6.07, 6.45) is 0.194. The van der Waals surface area contributed by atoms with Crippen LogP contribution in [0.25, 0.3) is 0 Å². The zero-order chi connectivity index (χ0) is 19.3. The number of carbonyl (C=O) groups excluding carboxylic acids is 2. The largest absolute Gasteiger partial charge is 0.550 e. The second kappa shape index (κ2) is 8.50. The number of aliphatic carboxylic acids is 1. The van der Waals surface area contributed by atoms with Crippen molar-refractivity contribution in [3.05, 3.63) is 23.8 Å². The zero-order valence-corrected chi connectivity index (χ0v) is 15.8. The summed E-state index contributed by atoms with van der Waals surface area (Å²) in [4.78, 5) is 24.3. The van der Waals surface area contributed by atoms with Gasteiger partial charge in [-0.05, 0) is 43.5 Å². The molecule has 1 amide bonds. The van der Waals surface area contributed by atoms with Crippen LogP contribution in [0.3, 0.4) is 0 Å². The lowest BCUT2D eigenvalue weighted by atomic mass is 10.2. The Morgan fingerprint density at radius 2 is 1.81 bits per heavy atom. The van der Waals surface area contributed by atoms with Crippen molar-refractivity contribution in [3.8, 4) is 5.75 Å². The smallest absolute Gasteiger partial charge is 0.243 e. The Morgan fingerprint density at radius 1 is 1.15 bits per heavy atom. The van der Waals surface area contributed by atoms with Gasteiger partial charge < -0.3 is 19.5 Å². The summed E-state index contributed by atoms with van der Waals surface area (Å²) < 4.78 is 32.2. The number of methoxy groups -OCH3 is 1. The summed E-state index contributed by atoms with van der Waals surface area (Å²) in [6, 6.07) is 4.81. The first-order valence-corrected chi connectivity index (χ1v) is 9.82. The molecule has 9 heteroatoms. The molecule has 1 heterocycles. The molecule has 0 saturated carbocycles. The fourth-order valence-corrected chi connectivity index (χ4v) is 4.53. The quantitative estimate of drug-likeness (QED) is 0.643. The Morgan fingerprint density at radius 3 is 2.35 bits per heavy atom. The van der Waals surface area contributed by atoms with Crippen LogP contribution in [0.4, 0.5) is 0 Å². The molecule has 1 aliphatic rings. The van der Waals surface area contributed by atoms with Crippen molar-refractivity contribution in [2.24, 2.45) is 0 Å². The van der Waals surface area contributed by atoms with E-state index < -0.39 is 16.0 Å². The minimum atomic E-state index is -3.64. The van der Waals surface area contributed by atoms with Gasteiger partial charge in [0.05, 0.1) is 12.0 Å². The van der Waals surface area contributed by atoms with E-state index in [2.05, 4.69) is 0 Å². The third-order valence-corrected chi connectivity index (χ3v) is 6.42. The molecule has 0 radical (unpaired) electrons. The Kier molecular flexibility index (Phi) is 6.60. The van der Waals surface area contributed by atoms with Gasteiger partial charge in [0.2, 0.25) is 15.9 Å². The predicted molar refractivity (Wildman–Crippen MR) is 91.9 cm³/mol. The van der Waals surface area contributed by atoms with Gasteiger partial charge in [-0.1, -0.05) is 0 Å². The van der Waals surface area contributed by atoms with Gasteiger partial charge >= 0.3 is 0 Å². The molecule has 1 aromatic carbocycles. The van der Waals surface area contributed by atoms with Crippen molar-refractivity contribution in [1.82, 2.24) is 9.21 Å². The highest BCUT2D eigenvalue weighted by molar-refractivity contribution is 7.89. The molecule has 1 aromatic rings. The van der Waals surface area contributed by atoms with Crippen LogP contribution >= 0.6 is 0 Å². The molecular weight excluding hydrogens is 360 g/mol. The number of nitrogens with zero attached hydrogens (tertiary/aromatic N) is 2. The van der Waals surface area contributed by atoms with Gasteiger partial charge in [0, 0.05) is 38.6 Å². The number of amides is 1. The van der Waals surface area contributed by atoms with Crippen molar-refractivity contribution in [2.45, 2.75) is 31.1 Å². The van der Waals surface area contributed by atoms with E-state index in [0.29, 0.717) is 24.4 Å².